The molecule has 1 amide bonds. The maximum Gasteiger partial charge on any atom is 0.233 e. The minimum Gasteiger partial charge on any atom is -0.467 e. The Labute approximate surface area is 160 Å². The predicted molar refractivity (Wildman–Crippen MR) is 104 cm³/mol. The summed E-state index contributed by atoms with van der Waals surface area (Å²) in [5, 5.41) is 12.1. The van der Waals surface area contributed by atoms with Gasteiger partial charge >= 0.3 is 0 Å². The summed E-state index contributed by atoms with van der Waals surface area (Å²) >= 11 is 2.85. The van der Waals surface area contributed by atoms with Gasteiger partial charge in [0.05, 0.1) is 18.6 Å². The number of carbonyl (C=O) groups is 1. The van der Waals surface area contributed by atoms with Crippen LogP contribution in [0.2, 0.25) is 0 Å². The van der Waals surface area contributed by atoms with Crippen LogP contribution >= 0.6 is 23.1 Å². The first-order valence-corrected chi connectivity index (χ1v) is 10.1. The lowest BCUT2D eigenvalue weighted by Gasteiger charge is -2.20. The maximum absolute atomic E-state index is 12.5. The minimum absolute atomic E-state index is 0.0987. The van der Waals surface area contributed by atoms with Gasteiger partial charge in [-0.05, 0) is 24.6 Å². The molecule has 0 aliphatic rings. The van der Waals surface area contributed by atoms with Gasteiger partial charge in [0, 0.05) is 13.1 Å². The van der Waals surface area contributed by atoms with Crippen molar-refractivity contribution in [3.8, 4) is 0 Å². The van der Waals surface area contributed by atoms with Crippen LogP contribution in [0.25, 0.3) is 0 Å². The largest absolute Gasteiger partial charge is 0.467 e. The van der Waals surface area contributed by atoms with Crippen LogP contribution in [0.5, 0.6) is 0 Å². The molecule has 0 saturated heterocycles. The monoisotopic (exact) mass is 388 g/mol. The molecule has 8 heteroatoms. The van der Waals surface area contributed by atoms with Crippen molar-refractivity contribution in [1.29, 1.82) is 0 Å². The summed E-state index contributed by atoms with van der Waals surface area (Å²) in [5.74, 6) is 1.29. The fourth-order valence-corrected chi connectivity index (χ4v) is 3.96. The van der Waals surface area contributed by atoms with E-state index in [-0.39, 0.29) is 5.91 Å². The first kappa shape index (κ1) is 18.5. The van der Waals surface area contributed by atoms with Crippen LogP contribution in [-0.2, 0) is 17.9 Å². The van der Waals surface area contributed by atoms with Crippen molar-refractivity contribution in [1.82, 2.24) is 15.1 Å². The van der Waals surface area contributed by atoms with E-state index in [0.29, 0.717) is 30.5 Å². The van der Waals surface area contributed by atoms with Gasteiger partial charge in [-0.15, -0.1) is 10.2 Å². The molecule has 2 aromatic heterocycles. The number of hydrogen-bond acceptors (Lipinski definition) is 7. The molecule has 0 saturated carbocycles. The second-order valence-corrected chi connectivity index (χ2v) is 7.69. The van der Waals surface area contributed by atoms with Crippen LogP contribution in [0.15, 0.2) is 57.5 Å². The Bertz CT molecular complexity index is 806. The van der Waals surface area contributed by atoms with E-state index in [1.165, 1.54) is 23.1 Å². The third kappa shape index (κ3) is 5.34. The lowest BCUT2D eigenvalue weighted by atomic mass is 10.2. The number of nitrogens with one attached hydrogen (secondary N) is 1. The van der Waals surface area contributed by atoms with Gasteiger partial charge in [-0.3, -0.25) is 4.79 Å². The van der Waals surface area contributed by atoms with E-state index in [2.05, 4.69) is 15.5 Å². The summed E-state index contributed by atoms with van der Waals surface area (Å²) in [6.45, 7) is 3.86. The normalized spacial score (nSPS) is 10.7. The van der Waals surface area contributed by atoms with Crippen LogP contribution in [0, 0.1) is 0 Å². The molecule has 0 radical (unpaired) electrons. The highest BCUT2D eigenvalue weighted by molar-refractivity contribution is 8.01. The molecule has 1 N–H and O–H groups in total. The molecule has 3 aromatic rings. The highest BCUT2D eigenvalue weighted by Crippen LogP contribution is 2.26. The number of amides is 1. The first-order valence-electron chi connectivity index (χ1n) is 8.29. The molecular weight excluding hydrogens is 368 g/mol. The standard InChI is InChI=1S/C18H20N4O2S2/c1-2-22(12-14-7-4-3-5-8-14)16(23)13-25-18-21-20-17(26-18)19-11-15-9-6-10-24-15/h3-10H,2,11-13H2,1H3,(H,19,20). The molecule has 0 bridgehead atoms. The number of hydrogen-bond donors (Lipinski definition) is 1. The maximum atomic E-state index is 12.5. The Morgan fingerprint density at radius 2 is 2.08 bits per heavy atom. The summed E-state index contributed by atoms with van der Waals surface area (Å²) in [5.41, 5.74) is 1.13. The van der Waals surface area contributed by atoms with E-state index in [1.807, 2.05) is 54.3 Å². The summed E-state index contributed by atoms with van der Waals surface area (Å²) in [6.07, 6.45) is 1.64. The summed E-state index contributed by atoms with van der Waals surface area (Å²) < 4.78 is 6.04. The van der Waals surface area contributed by atoms with Gasteiger partial charge in [-0.1, -0.05) is 53.4 Å². The van der Waals surface area contributed by atoms with Gasteiger partial charge in [-0.25, -0.2) is 0 Å². The van der Waals surface area contributed by atoms with Crippen LogP contribution in [-0.4, -0.2) is 33.3 Å². The zero-order valence-corrected chi connectivity index (χ0v) is 16.1. The van der Waals surface area contributed by atoms with Crippen molar-refractivity contribution >= 4 is 34.1 Å². The number of thioether (sulfide) groups is 1. The number of aromatic nitrogens is 2. The minimum atomic E-state index is 0.0987. The molecule has 136 valence electrons. The Morgan fingerprint density at radius 3 is 2.81 bits per heavy atom. The smallest absolute Gasteiger partial charge is 0.233 e. The molecule has 0 aliphatic carbocycles. The van der Waals surface area contributed by atoms with Crippen LogP contribution in [0.4, 0.5) is 5.13 Å². The van der Waals surface area contributed by atoms with Crippen LogP contribution in [0.3, 0.4) is 0 Å². The number of furan rings is 1. The molecule has 0 spiro atoms. The van der Waals surface area contributed by atoms with E-state index in [0.717, 1.165) is 15.7 Å². The van der Waals surface area contributed by atoms with E-state index in [1.54, 1.807) is 6.26 Å². The first-order chi connectivity index (χ1) is 12.7. The number of nitrogens with zero attached hydrogens (tertiary/aromatic N) is 3. The van der Waals surface area contributed by atoms with Crippen molar-refractivity contribution in [3.05, 3.63) is 60.1 Å². The molecule has 0 unspecified atom stereocenters. The Morgan fingerprint density at radius 1 is 1.23 bits per heavy atom. The number of rotatable bonds is 9. The topological polar surface area (TPSA) is 71.3 Å². The quantitative estimate of drug-likeness (QED) is 0.561. The summed E-state index contributed by atoms with van der Waals surface area (Å²) in [6, 6.07) is 13.8. The fourth-order valence-electron chi connectivity index (χ4n) is 2.31. The van der Waals surface area contributed by atoms with Crippen molar-refractivity contribution in [3.63, 3.8) is 0 Å². The zero-order valence-electron chi connectivity index (χ0n) is 14.4. The highest BCUT2D eigenvalue weighted by atomic mass is 32.2. The molecular formula is C18H20N4O2S2. The number of benzene rings is 1. The van der Waals surface area contributed by atoms with E-state index in [4.69, 9.17) is 4.42 Å². The number of anilines is 1. The molecule has 26 heavy (non-hydrogen) atoms. The third-order valence-corrected chi connectivity index (χ3v) is 5.67. The van der Waals surface area contributed by atoms with Gasteiger partial charge < -0.3 is 14.6 Å². The average molecular weight is 389 g/mol. The Hall–Kier alpha value is -2.32. The average Bonchev–Trinajstić information content (AvgIpc) is 3.35. The van der Waals surface area contributed by atoms with E-state index < -0.39 is 0 Å². The molecule has 0 fully saturated rings. The summed E-state index contributed by atoms with van der Waals surface area (Å²) in [4.78, 5) is 14.3. The predicted octanol–water partition coefficient (Wildman–Crippen LogP) is 3.88. The van der Waals surface area contributed by atoms with Crippen molar-refractivity contribution in [2.75, 3.05) is 17.6 Å². The zero-order chi connectivity index (χ0) is 18.2. The van der Waals surface area contributed by atoms with Crippen molar-refractivity contribution < 1.29 is 9.21 Å². The lowest BCUT2D eigenvalue weighted by molar-refractivity contribution is -0.128. The fraction of sp³-hybridized carbons (Fsp3) is 0.278. The molecule has 0 aliphatic heterocycles. The van der Waals surface area contributed by atoms with Crippen molar-refractivity contribution in [2.45, 2.75) is 24.4 Å². The van der Waals surface area contributed by atoms with E-state index in [9.17, 15) is 4.79 Å². The van der Waals surface area contributed by atoms with Gasteiger partial charge in [0.25, 0.3) is 0 Å². The van der Waals surface area contributed by atoms with Gasteiger partial charge in [0.2, 0.25) is 11.0 Å². The van der Waals surface area contributed by atoms with Crippen molar-refractivity contribution in [2.24, 2.45) is 0 Å². The third-order valence-electron chi connectivity index (χ3n) is 3.67. The van der Waals surface area contributed by atoms with Gasteiger partial charge in [-0.2, -0.15) is 0 Å². The van der Waals surface area contributed by atoms with E-state index >= 15 is 0 Å². The van der Waals surface area contributed by atoms with Gasteiger partial charge in [0.1, 0.15) is 5.76 Å². The SMILES string of the molecule is CCN(Cc1ccccc1)C(=O)CSc1nnc(NCc2ccco2)s1. The lowest BCUT2D eigenvalue weighted by Crippen LogP contribution is -2.31. The second-order valence-electron chi connectivity index (χ2n) is 5.49. The van der Waals surface area contributed by atoms with Gasteiger partial charge in [0.15, 0.2) is 4.34 Å². The Kier molecular flexibility index (Phi) is 6.68. The molecule has 2 heterocycles. The molecule has 3 rings (SSSR count). The number of carbonyl (C=O) groups excluding carboxylic acids is 1. The summed E-state index contributed by atoms with van der Waals surface area (Å²) in [7, 11) is 0. The molecule has 0 atom stereocenters. The molecule has 6 nitrogen and oxygen atoms in total. The van der Waals surface area contributed by atoms with Crippen LogP contribution in [0.1, 0.15) is 18.2 Å². The molecule has 1 aromatic carbocycles. The second kappa shape index (κ2) is 9.40. The Balaban J connectivity index is 1.47. The van der Waals surface area contributed by atoms with Crippen LogP contribution < -0.4 is 5.32 Å². The highest BCUT2D eigenvalue weighted by Gasteiger charge is 2.14.